The standard InChI is InChI=1S/C35H42N4O4/c1-16(2)38-18(5)34(7,8)22-11-20-24(13-26(22)38)36-28(40)15-29(41)37-25-14-27-23(35(9,10)19(6)39(27)17(3)4)12-21(25)31-32(42)30(20)33(31)43/h11-14,16-19H,15H2,1-10H3,(H2,36,37,40,41,42,43). The van der Waals surface area contributed by atoms with Crippen molar-refractivity contribution in [3.63, 3.8) is 0 Å². The van der Waals surface area contributed by atoms with Gasteiger partial charge in [0.05, 0.1) is 16.8 Å². The van der Waals surface area contributed by atoms with Crippen molar-refractivity contribution in [2.24, 2.45) is 0 Å². The Balaban J connectivity index is 1.67. The van der Waals surface area contributed by atoms with Gasteiger partial charge in [-0.15, -0.1) is 0 Å². The van der Waals surface area contributed by atoms with Crippen LogP contribution < -0.4 is 35.8 Å². The molecule has 8 nitrogen and oxygen atoms in total. The lowest BCUT2D eigenvalue weighted by atomic mass is 9.76. The lowest BCUT2D eigenvalue weighted by Gasteiger charge is -2.34. The highest BCUT2D eigenvalue weighted by molar-refractivity contribution is 6.52. The van der Waals surface area contributed by atoms with Crippen molar-refractivity contribution in [3.05, 3.63) is 57.3 Å². The number of Topliss-reactive ketones (excluding diaryl/α,β-unsaturated/α-hetero) is 1. The topological polar surface area (TPSA) is 105 Å². The number of rotatable bonds is 2. The number of allylic oxidation sites excluding steroid dienone is 2. The first-order valence-electron chi connectivity index (χ1n) is 15.4. The third-order valence-corrected chi connectivity index (χ3v) is 10.6. The number of nitrogens with one attached hydrogen (secondary N) is 2. The van der Waals surface area contributed by atoms with Crippen molar-refractivity contribution < 1.29 is 19.5 Å². The number of hydrogen-bond donors (Lipinski definition) is 2. The molecule has 0 spiro atoms. The van der Waals surface area contributed by atoms with Crippen molar-refractivity contribution in [1.82, 2.24) is 4.58 Å². The third kappa shape index (κ3) is 3.94. The summed E-state index contributed by atoms with van der Waals surface area (Å²) in [5.41, 5.74) is 3.81. The zero-order valence-corrected chi connectivity index (χ0v) is 26.9. The number of ketones is 1. The second kappa shape index (κ2) is 9.28. The maximum atomic E-state index is 14.0. The van der Waals surface area contributed by atoms with E-state index in [4.69, 9.17) is 0 Å². The highest BCUT2D eigenvalue weighted by Gasteiger charge is 2.47. The monoisotopic (exact) mass is 582 g/mol. The van der Waals surface area contributed by atoms with E-state index in [0.29, 0.717) is 22.2 Å². The Labute approximate surface area is 253 Å². The van der Waals surface area contributed by atoms with Crippen molar-refractivity contribution in [1.29, 1.82) is 0 Å². The van der Waals surface area contributed by atoms with Gasteiger partial charge in [-0.1, -0.05) is 19.6 Å². The molecule has 0 saturated carbocycles. The minimum Gasteiger partial charge on any atom is -0.871 e. The SMILES string of the molecule is CC(C)N1c2cc3c(cc2C(C)(C)C1C)C1=C([O-])/C(=c2\cc4c(cc2NC(=O)CC(=O)N3)=[N+](C(C)C)C(C)C4(C)C)C1=O. The number of carbonyl (C=O) groups excluding carboxylic acids is 3. The van der Waals surface area contributed by atoms with Gasteiger partial charge in [-0.05, 0) is 79.2 Å². The predicted octanol–water partition coefficient (Wildman–Crippen LogP) is 2.95. The predicted molar refractivity (Wildman–Crippen MR) is 168 cm³/mol. The van der Waals surface area contributed by atoms with Crippen LogP contribution in [0.4, 0.5) is 17.1 Å². The van der Waals surface area contributed by atoms with Crippen molar-refractivity contribution in [2.75, 3.05) is 15.5 Å². The smallest absolute Gasteiger partial charge is 0.233 e. The lowest BCUT2D eigenvalue weighted by molar-refractivity contribution is -0.292. The van der Waals surface area contributed by atoms with Gasteiger partial charge in [-0.25, -0.2) is 4.58 Å². The first-order chi connectivity index (χ1) is 20.0. The Kier molecular flexibility index (Phi) is 6.29. The quantitative estimate of drug-likeness (QED) is 0.419. The van der Waals surface area contributed by atoms with Crippen LogP contribution in [-0.2, 0) is 25.2 Å². The highest BCUT2D eigenvalue weighted by Crippen LogP contribution is 2.50. The Bertz CT molecular complexity index is 1810. The van der Waals surface area contributed by atoms with Crippen molar-refractivity contribution >= 4 is 45.8 Å². The zero-order chi connectivity index (χ0) is 31.5. The first-order valence-corrected chi connectivity index (χ1v) is 15.4. The lowest BCUT2D eigenvalue weighted by Crippen LogP contribution is -2.42. The average Bonchev–Trinajstić information content (AvgIpc) is 3.20. The normalized spacial score (nSPS) is 25.0. The van der Waals surface area contributed by atoms with E-state index in [9.17, 15) is 19.5 Å². The molecule has 4 heterocycles. The summed E-state index contributed by atoms with van der Waals surface area (Å²) in [6.45, 7) is 21.5. The summed E-state index contributed by atoms with van der Waals surface area (Å²) < 4.78 is 2.30. The van der Waals surface area contributed by atoms with E-state index in [1.165, 1.54) is 0 Å². The van der Waals surface area contributed by atoms with Crippen LogP contribution in [0.5, 0.6) is 0 Å². The summed E-state index contributed by atoms with van der Waals surface area (Å²) in [6, 6.07) is 8.25. The summed E-state index contributed by atoms with van der Waals surface area (Å²) in [5, 5.41) is 21.2. The summed E-state index contributed by atoms with van der Waals surface area (Å²) in [5.74, 6) is -1.76. The van der Waals surface area contributed by atoms with Crippen LogP contribution in [0.15, 0.2) is 30.0 Å². The molecular formula is C35H42N4O4. The number of nitrogens with zero attached hydrogens (tertiary/aromatic N) is 2. The van der Waals surface area contributed by atoms with E-state index in [0.717, 1.165) is 22.2 Å². The average molecular weight is 583 g/mol. The van der Waals surface area contributed by atoms with E-state index in [1.807, 2.05) is 24.3 Å². The molecule has 2 bridgehead atoms. The van der Waals surface area contributed by atoms with Crippen LogP contribution in [0.2, 0.25) is 0 Å². The molecule has 2 aromatic carbocycles. The largest absolute Gasteiger partial charge is 0.871 e. The Hall–Kier alpha value is -3.94. The van der Waals surface area contributed by atoms with Gasteiger partial charge in [0.15, 0.2) is 11.8 Å². The Morgan fingerprint density at radius 2 is 1.49 bits per heavy atom. The fourth-order valence-corrected chi connectivity index (χ4v) is 7.69. The maximum Gasteiger partial charge on any atom is 0.233 e. The van der Waals surface area contributed by atoms with Gasteiger partial charge in [-0.3, -0.25) is 14.4 Å². The summed E-state index contributed by atoms with van der Waals surface area (Å²) >= 11 is 0. The number of carbonyl (C=O) groups is 3. The van der Waals surface area contributed by atoms with Crippen LogP contribution in [-0.4, -0.2) is 41.8 Å². The minimum absolute atomic E-state index is 0.0781. The molecule has 226 valence electrons. The molecule has 0 saturated heterocycles. The fourth-order valence-electron chi connectivity index (χ4n) is 7.69. The molecule has 43 heavy (non-hydrogen) atoms. The molecule has 0 radical (unpaired) electrons. The summed E-state index contributed by atoms with van der Waals surface area (Å²) in [7, 11) is 0. The van der Waals surface area contributed by atoms with E-state index in [1.54, 1.807) is 0 Å². The number of amides is 2. The fraction of sp³-hybridized carbons (Fsp3) is 0.486. The molecule has 0 fully saturated rings. The van der Waals surface area contributed by atoms with Crippen LogP contribution in [0.25, 0.3) is 11.1 Å². The first kappa shape index (κ1) is 29.1. The molecule has 8 heteroatoms. The zero-order valence-electron chi connectivity index (χ0n) is 26.9. The third-order valence-electron chi connectivity index (χ3n) is 10.6. The van der Waals surface area contributed by atoms with E-state index < -0.39 is 18.2 Å². The van der Waals surface area contributed by atoms with Crippen molar-refractivity contribution in [3.8, 4) is 0 Å². The van der Waals surface area contributed by atoms with E-state index in [-0.39, 0.29) is 57.7 Å². The van der Waals surface area contributed by atoms with Crippen molar-refractivity contribution in [2.45, 2.75) is 111 Å². The highest BCUT2D eigenvalue weighted by atomic mass is 16.3. The van der Waals surface area contributed by atoms with Gasteiger partial charge >= 0.3 is 0 Å². The molecule has 0 aromatic heterocycles. The second-order valence-electron chi connectivity index (χ2n) is 14.3. The molecule has 2 aromatic rings. The summed E-state index contributed by atoms with van der Waals surface area (Å²) in [4.78, 5) is 42.8. The maximum absolute atomic E-state index is 14.0. The van der Waals surface area contributed by atoms with Gasteiger partial charge in [-0.2, -0.15) is 0 Å². The molecule has 5 aliphatic rings. The van der Waals surface area contributed by atoms with Crippen LogP contribution in [0, 0.1) is 0 Å². The van der Waals surface area contributed by atoms with Crippen LogP contribution in [0.3, 0.4) is 0 Å². The molecule has 2 unspecified atom stereocenters. The van der Waals surface area contributed by atoms with Gasteiger partial charge < -0.3 is 20.6 Å². The molecule has 4 aliphatic heterocycles. The molecule has 2 atom stereocenters. The Morgan fingerprint density at radius 1 is 0.860 bits per heavy atom. The van der Waals surface area contributed by atoms with Crippen LogP contribution in [0.1, 0.15) is 92.3 Å². The number of fused-ring (bicyclic) bond motifs is 6. The molecule has 2 amide bonds. The van der Waals surface area contributed by atoms with Crippen LogP contribution >= 0.6 is 0 Å². The van der Waals surface area contributed by atoms with Gasteiger partial charge in [0.2, 0.25) is 17.2 Å². The molecule has 1 aliphatic carbocycles. The number of benzene rings is 2. The Morgan fingerprint density at radius 3 is 2.07 bits per heavy atom. The molecule has 7 rings (SSSR count). The second-order valence-corrected chi connectivity index (χ2v) is 14.3. The summed E-state index contributed by atoms with van der Waals surface area (Å²) in [6.07, 6.45) is -0.398. The van der Waals surface area contributed by atoms with E-state index in [2.05, 4.69) is 89.3 Å². The number of hydrogen-bond acceptors (Lipinski definition) is 5. The minimum atomic E-state index is -0.508. The van der Waals surface area contributed by atoms with Gasteiger partial charge in [0, 0.05) is 56.7 Å². The number of anilines is 3. The van der Waals surface area contributed by atoms with E-state index >= 15 is 0 Å². The molecule has 2 N–H and O–H groups in total. The van der Waals surface area contributed by atoms with Gasteiger partial charge in [0.1, 0.15) is 12.5 Å². The molecular weight excluding hydrogens is 540 g/mol. The van der Waals surface area contributed by atoms with Gasteiger partial charge in [0.25, 0.3) is 0 Å².